The van der Waals surface area contributed by atoms with E-state index in [1.807, 2.05) is 34.0 Å². The predicted octanol–water partition coefficient (Wildman–Crippen LogP) is 1.76. The lowest BCUT2D eigenvalue weighted by Gasteiger charge is -2.42. The molecule has 116 valence electrons. The smallest absolute Gasteiger partial charge is 0.308 e. The first kappa shape index (κ1) is 15.5. The lowest BCUT2D eigenvalue weighted by molar-refractivity contribution is -0.153. The summed E-state index contributed by atoms with van der Waals surface area (Å²) in [6, 6.07) is -0.457. The molecular formula is C15H23N3O3. The fourth-order valence-electron chi connectivity index (χ4n) is 3.22. The molecule has 1 saturated heterocycles. The largest absolute Gasteiger partial charge is 0.481 e. The number of likely N-dealkylation sites (tertiary alicyclic amines) is 1. The monoisotopic (exact) mass is 293 g/mol. The fraction of sp³-hybridized carbons (Fsp3) is 0.667. The number of carboxylic acid groups (broad SMARTS) is 1. The molecule has 6 nitrogen and oxygen atoms in total. The maximum atomic E-state index is 12.3. The van der Waals surface area contributed by atoms with E-state index >= 15 is 0 Å². The van der Waals surface area contributed by atoms with Crippen molar-refractivity contribution >= 4 is 11.9 Å². The zero-order valence-electron chi connectivity index (χ0n) is 13.0. The van der Waals surface area contributed by atoms with Gasteiger partial charge in [0.05, 0.1) is 17.7 Å². The molecule has 0 aliphatic carbocycles. The summed E-state index contributed by atoms with van der Waals surface area (Å²) in [5, 5.41) is 14.0. The minimum Gasteiger partial charge on any atom is -0.481 e. The normalized spacial score (nSPS) is 22.9. The Morgan fingerprint density at radius 2 is 2.19 bits per heavy atom. The summed E-state index contributed by atoms with van der Waals surface area (Å²) in [7, 11) is 1.82. The molecule has 1 aliphatic heterocycles. The number of aryl methyl sites for hydroxylation is 2. The molecular weight excluding hydrogens is 270 g/mol. The maximum Gasteiger partial charge on any atom is 0.308 e. The topological polar surface area (TPSA) is 75.4 Å². The van der Waals surface area contributed by atoms with Gasteiger partial charge in [0.25, 0.3) is 0 Å². The second kappa shape index (κ2) is 5.87. The third kappa shape index (κ3) is 2.80. The van der Waals surface area contributed by atoms with E-state index in [4.69, 9.17) is 0 Å². The third-order valence-electron chi connectivity index (χ3n) is 4.10. The van der Waals surface area contributed by atoms with E-state index in [0.29, 0.717) is 12.8 Å². The van der Waals surface area contributed by atoms with E-state index in [1.165, 1.54) is 0 Å². The second-order valence-corrected chi connectivity index (χ2v) is 5.88. The molecule has 0 bridgehead atoms. The van der Waals surface area contributed by atoms with Crippen molar-refractivity contribution in [3.63, 3.8) is 0 Å². The highest BCUT2D eigenvalue weighted by Crippen LogP contribution is 2.39. The number of nitrogens with zero attached hydrogens (tertiary/aromatic N) is 3. The van der Waals surface area contributed by atoms with E-state index in [9.17, 15) is 14.7 Å². The number of aliphatic carboxylic acids is 1. The van der Waals surface area contributed by atoms with E-state index in [2.05, 4.69) is 5.10 Å². The van der Waals surface area contributed by atoms with Gasteiger partial charge in [0, 0.05) is 31.3 Å². The number of carbonyl (C=O) groups excluding carboxylic acids is 1. The highest BCUT2D eigenvalue weighted by atomic mass is 16.4. The standard InChI is InChI=1S/C15H23N3O3/c1-5-12-11(8-17(4)16-12)14-10(15(20)21)6-7-13(19)18(14)9(2)3/h8-10,14H,5-7H2,1-4H3,(H,20,21). The molecule has 6 heteroatoms. The molecule has 0 radical (unpaired) electrons. The molecule has 1 fully saturated rings. The van der Waals surface area contributed by atoms with Crippen LogP contribution < -0.4 is 0 Å². The highest BCUT2D eigenvalue weighted by Gasteiger charge is 2.43. The van der Waals surface area contributed by atoms with Crippen LogP contribution in [0.15, 0.2) is 6.20 Å². The molecule has 2 atom stereocenters. The molecule has 2 unspecified atom stereocenters. The van der Waals surface area contributed by atoms with Gasteiger partial charge in [-0.15, -0.1) is 0 Å². The Labute approximate surface area is 124 Å². The van der Waals surface area contributed by atoms with Crippen LogP contribution in [0.25, 0.3) is 0 Å². The van der Waals surface area contributed by atoms with Crippen LogP contribution in [0.5, 0.6) is 0 Å². The lowest BCUT2D eigenvalue weighted by atomic mass is 9.83. The van der Waals surface area contributed by atoms with Gasteiger partial charge in [0.2, 0.25) is 5.91 Å². The number of carbonyl (C=O) groups is 2. The van der Waals surface area contributed by atoms with Crippen LogP contribution in [0.2, 0.25) is 0 Å². The molecule has 1 N–H and O–H groups in total. The zero-order chi connectivity index (χ0) is 15.7. The van der Waals surface area contributed by atoms with Crippen LogP contribution in [-0.2, 0) is 23.1 Å². The van der Waals surface area contributed by atoms with Crippen LogP contribution in [0.1, 0.15) is 50.9 Å². The van der Waals surface area contributed by atoms with Gasteiger partial charge in [-0.05, 0) is 26.7 Å². The predicted molar refractivity (Wildman–Crippen MR) is 77.7 cm³/mol. The number of aromatic nitrogens is 2. The lowest BCUT2D eigenvalue weighted by Crippen LogP contribution is -2.48. The Kier molecular flexibility index (Phi) is 4.34. The third-order valence-corrected chi connectivity index (χ3v) is 4.10. The SMILES string of the molecule is CCc1nn(C)cc1C1C(C(=O)O)CCC(=O)N1C(C)C. The Morgan fingerprint density at radius 3 is 2.71 bits per heavy atom. The zero-order valence-corrected chi connectivity index (χ0v) is 13.0. The Hall–Kier alpha value is -1.85. The second-order valence-electron chi connectivity index (χ2n) is 5.88. The van der Waals surface area contributed by atoms with Gasteiger partial charge in [-0.25, -0.2) is 0 Å². The van der Waals surface area contributed by atoms with Crippen molar-refractivity contribution < 1.29 is 14.7 Å². The number of piperidine rings is 1. The summed E-state index contributed by atoms with van der Waals surface area (Å²) in [6.45, 7) is 5.85. The van der Waals surface area contributed by atoms with Gasteiger partial charge in [-0.3, -0.25) is 14.3 Å². The minimum absolute atomic E-state index is 0.0263. The summed E-state index contributed by atoms with van der Waals surface area (Å²) in [6.07, 6.45) is 3.26. The van der Waals surface area contributed by atoms with Crippen LogP contribution in [0, 0.1) is 5.92 Å². The van der Waals surface area contributed by atoms with Crippen molar-refractivity contribution in [2.24, 2.45) is 13.0 Å². The van der Waals surface area contributed by atoms with E-state index in [-0.39, 0.29) is 11.9 Å². The van der Waals surface area contributed by atoms with Crippen molar-refractivity contribution in [1.29, 1.82) is 0 Å². The number of hydrogen-bond acceptors (Lipinski definition) is 3. The van der Waals surface area contributed by atoms with Gasteiger partial charge >= 0.3 is 5.97 Å². The number of rotatable bonds is 4. The van der Waals surface area contributed by atoms with Crippen molar-refractivity contribution in [2.75, 3.05) is 0 Å². The molecule has 2 rings (SSSR count). The van der Waals surface area contributed by atoms with Crippen LogP contribution in [0.3, 0.4) is 0 Å². The maximum absolute atomic E-state index is 12.3. The van der Waals surface area contributed by atoms with Gasteiger partial charge < -0.3 is 10.0 Å². The quantitative estimate of drug-likeness (QED) is 0.917. The van der Waals surface area contributed by atoms with Gasteiger partial charge in [0.15, 0.2) is 0 Å². The molecule has 1 aromatic rings. The minimum atomic E-state index is -0.843. The molecule has 1 amide bonds. The summed E-state index contributed by atoms with van der Waals surface area (Å²) >= 11 is 0. The van der Waals surface area contributed by atoms with Crippen molar-refractivity contribution in [2.45, 2.75) is 52.1 Å². The average Bonchev–Trinajstić information content (AvgIpc) is 2.78. The summed E-state index contributed by atoms with van der Waals surface area (Å²) < 4.78 is 1.70. The van der Waals surface area contributed by atoms with Crippen molar-refractivity contribution in [1.82, 2.24) is 14.7 Å². The fourth-order valence-corrected chi connectivity index (χ4v) is 3.22. The molecule has 0 aromatic carbocycles. The van der Waals surface area contributed by atoms with Crippen LogP contribution in [-0.4, -0.2) is 37.7 Å². The summed E-state index contributed by atoms with van der Waals surface area (Å²) in [4.78, 5) is 25.7. The summed E-state index contributed by atoms with van der Waals surface area (Å²) in [5.74, 6) is -1.39. The number of carboxylic acids is 1. The van der Waals surface area contributed by atoms with Gasteiger partial charge in [-0.1, -0.05) is 6.92 Å². The van der Waals surface area contributed by atoms with Crippen molar-refractivity contribution in [3.05, 3.63) is 17.5 Å². The Bertz CT molecular complexity index is 550. The first-order chi connectivity index (χ1) is 9.86. The van der Waals surface area contributed by atoms with E-state index in [0.717, 1.165) is 17.7 Å². The highest BCUT2D eigenvalue weighted by molar-refractivity contribution is 5.82. The number of amides is 1. The average molecular weight is 293 g/mol. The van der Waals surface area contributed by atoms with Gasteiger partial charge in [-0.2, -0.15) is 5.10 Å². The molecule has 1 aliphatic rings. The Balaban J connectivity index is 2.53. The van der Waals surface area contributed by atoms with Crippen LogP contribution in [0.4, 0.5) is 0 Å². The molecule has 2 heterocycles. The molecule has 0 saturated carbocycles. The first-order valence-electron chi connectivity index (χ1n) is 7.43. The Morgan fingerprint density at radius 1 is 1.52 bits per heavy atom. The first-order valence-corrected chi connectivity index (χ1v) is 7.43. The molecule has 0 spiro atoms. The van der Waals surface area contributed by atoms with E-state index < -0.39 is 17.9 Å². The van der Waals surface area contributed by atoms with Crippen LogP contribution >= 0.6 is 0 Å². The summed E-state index contributed by atoms with van der Waals surface area (Å²) in [5.41, 5.74) is 1.74. The van der Waals surface area contributed by atoms with E-state index in [1.54, 1.807) is 9.58 Å². The number of hydrogen-bond donors (Lipinski definition) is 1. The van der Waals surface area contributed by atoms with Crippen molar-refractivity contribution in [3.8, 4) is 0 Å². The molecule has 21 heavy (non-hydrogen) atoms. The molecule has 1 aromatic heterocycles. The van der Waals surface area contributed by atoms with Gasteiger partial charge in [0.1, 0.15) is 0 Å².